The maximum atomic E-state index is 12.2. The minimum absolute atomic E-state index is 0.0657. The average Bonchev–Trinajstić information content (AvgIpc) is 3.04. The summed E-state index contributed by atoms with van der Waals surface area (Å²) in [5, 5.41) is 11.3. The number of nitrogens with one attached hydrogen (secondary N) is 1. The molecule has 0 bridgehead atoms. The zero-order chi connectivity index (χ0) is 16.4. The van der Waals surface area contributed by atoms with E-state index in [1.54, 1.807) is 6.07 Å². The summed E-state index contributed by atoms with van der Waals surface area (Å²) in [6, 6.07) is 4.38. The van der Waals surface area contributed by atoms with Gasteiger partial charge in [-0.2, -0.15) is 0 Å². The Morgan fingerprint density at radius 1 is 1.05 bits per heavy atom. The maximum Gasteiger partial charge on any atom is 0.371 e. The molecule has 118 valence electrons. The molecule has 0 atom stereocenters. The highest BCUT2D eigenvalue weighted by Crippen LogP contribution is 2.30. The second-order valence-corrected chi connectivity index (χ2v) is 5.66. The molecule has 6 heteroatoms. The Morgan fingerprint density at radius 3 is 2.18 bits per heavy atom. The standard InChI is InChI=1S/C16H19NO5/c1-8(2)10-7-12(22-14(10)9(3)4)15(18)17-13-6-5-11(21-13)16(19)20/h5-9H,1-4H3,(H,17,18)(H,19,20). The van der Waals surface area contributed by atoms with Crippen LogP contribution in [0.2, 0.25) is 0 Å². The molecular formula is C16H19NO5. The minimum atomic E-state index is -1.19. The van der Waals surface area contributed by atoms with Crippen LogP contribution in [0.15, 0.2) is 27.0 Å². The van der Waals surface area contributed by atoms with E-state index >= 15 is 0 Å². The van der Waals surface area contributed by atoms with E-state index in [-0.39, 0.29) is 29.2 Å². The van der Waals surface area contributed by atoms with Crippen LogP contribution in [0.4, 0.5) is 5.88 Å². The fourth-order valence-electron chi connectivity index (χ4n) is 2.13. The van der Waals surface area contributed by atoms with Crippen molar-refractivity contribution in [1.82, 2.24) is 0 Å². The molecule has 0 saturated carbocycles. The molecule has 0 aliphatic carbocycles. The van der Waals surface area contributed by atoms with Crippen molar-refractivity contribution in [2.24, 2.45) is 0 Å². The maximum absolute atomic E-state index is 12.2. The molecule has 0 aliphatic rings. The fraction of sp³-hybridized carbons (Fsp3) is 0.375. The number of amides is 1. The van der Waals surface area contributed by atoms with Crippen molar-refractivity contribution in [3.05, 3.63) is 41.0 Å². The van der Waals surface area contributed by atoms with Crippen molar-refractivity contribution in [2.75, 3.05) is 5.32 Å². The van der Waals surface area contributed by atoms with Gasteiger partial charge in [0.05, 0.1) is 0 Å². The van der Waals surface area contributed by atoms with Crippen LogP contribution in [0.1, 0.15) is 72.0 Å². The van der Waals surface area contributed by atoms with E-state index in [2.05, 4.69) is 5.32 Å². The van der Waals surface area contributed by atoms with Crippen molar-refractivity contribution < 1.29 is 23.5 Å². The lowest BCUT2D eigenvalue weighted by molar-refractivity contribution is 0.0662. The SMILES string of the molecule is CC(C)c1cc(C(=O)Nc2ccc(C(=O)O)o2)oc1C(C)C. The number of hydrogen-bond donors (Lipinski definition) is 2. The first kappa shape index (κ1) is 15.9. The summed E-state index contributed by atoms with van der Waals surface area (Å²) >= 11 is 0. The van der Waals surface area contributed by atoms with Gasteiger partial charge in [-0.25, -0.2) is 4.79 Å². The predicted molar refractivity (Wildman–Crippen MR) is 80.5 cm³/mol. The number of rotatable bonds is 5. The molecular weight excluding hydrogens is 286 g/mol. The first-order valence-corrected chi connectivity index (χ1v) is 7.07. The monoisotopic (exact) mass is 305 g/mol. The van der Waals surface area contributed by atoms with Gasteiger partial charge in [0, 0.05) is 12.0 Å². The highest BCUT2D eigenvalue weighted by molar-refractivity contribution is 6.02. The van der Waals surface area contributed by atoms with E-state index in [1.165, 1.54) is 12.1 Å². The first-order chi connectivity index (χ1) is 10.3. The molecule has 2 aromatic heterocycles. The van der Waals surface area contributed by atoms with Crippen LogP contribution in [0.3, 0.4) is 0 Å². The predicted octanol–water partition coefficient (Wildman–Crippen LogP) is 4.07. The molecule has 0 aromatic carbocycles. The molecule has 2 rings (SSSR count). The molecule has 22 heavy (non-hydrogen) atoms. The van der Waals surface area contributed by atoms with E-state index in [0.717, 1.165) is 11.3 Å². The van der Waals surface area contributed by atoms with E-state index in [0.29, 0.717) is 0 Å². The van der Waals surface area contributed by atoms with Crippen molar-refractivity contribution in [2.45, 2.75) is 39.5 Å². The largest absolute Gasteiger partial charge is 0.475 e. The topological polar surface area (TPSA) is 92.7 Å². The van der Waals surface area contributed by atoms with Gasteiger partial charge in [0.1, 0.15) is 5.76 Å². The van der Waals surface area contributed by atoms with Gasteiger partial charge in [0.15, 0.2) is 5.76 Å². The number of carbonyl (C=O) groups excluding carboxylic acids is 1. The molecule has 0 radical (unpaired) electrons. The van der Waals surface area contributed by atoms with Crippen LogP contribution < -0.4 is 5.32 Å². The van der Waals surface area contributed by atoms with Gasteiger partial charge in [0.2, 0.25) is 11.6 Å². The molecule has 0 spiro atoms. The van der Waals surface area contributed by atoms with Crippen LogP contribution in [0.25, 0.3) is 0 Å². The third kappa shape index (κ3) is 3.21. The Hall–Kier alpha value is -2.50. The Labute approximate surface area is 128 Å². The number of carboxylic acid groups (broad SMARTS) is 1. The number of carbonyl (C=O) groups is 2. The molecule has 2 heterocycles. The molecule has 0 aliphatic heterocycles. The Morgan fingerprint density at radius 2 is 1.73 bits per heavy atom. The molecule has 0 fully saturated rings. The summed E-state index contributed by atoms with van der Waals surface area (Å²) in [6.07, 6.45) is 0. The van der Waals surface area contributed by atoms with Gasteiger partial charge in [-0.1, -0.05) is 27.7 Å². The van der Waals surface area contributed by atoms with Crippen LogP contribution in [0.5, 0.6) is 0 Å². The highest BCUT2D eigenvalue weighted by Gasteiger charge is 2.21. The van der Waals surface area contributed by atoms with Crippen molar-refractivity contribution >= 4 is 17.8 Å². The number of hydrogen-bond acceptors (Lipinski definition) is 4. The first-order valence-electron chi connectivity index (χ1n) is 7.07. The zero-order valence-corrected chi connectivity index (χ0v) is 13.0. The third-order valence-electron chi connectivity index (χ3n) is 3.21. The fourth-order valence-corrected chi connectivity index (χ4v) is 2.13. The van der Waals surface area contributed by atoms with Crippen molar-refractivity contribution in [3.8, 4) is 0 Å². The Bertz CT molecular complexity index is 668. The third-order valence-corrected chi connectivity index (χ3v) is 3.21. The van der Waals surface area contributed by atoms with Gasteiger partial charge in [-0.05, 0) is 23.6 Å². The lowest BCUT2D eigenvalue weighted by Gasteiger charge is -2.07. The van der Waals surface area contributed by atoms with Gasteiger partial charge in [-0.15, -0.1) is 0 Å². The van der Waals surface area contributed by atoms with E-state index < -0.39 is 11.9 Å². The second kappa shape index (κ2) is 6.09. The average molecular weight is 305 g/mol. The summed E-state index contributed by atoms with van der Waals surface area (Å²) in [5.74, 6) is -0.461. The highest BCUT2D eigenvalue weighted by atomic mass is 16.4. The van der Waals surface area contributed by atoms with Gasteiger partial charge in [-0.3, -0.25) is 10.1 Å². The minimum Gasteiger partial charge on any atom is -0.475 e. The van der Waals surface area contributed by atoms with Gasteiger partial charge >= 0.3 is 5.97 Å². The van der Waals surface area contributed by atoms with Crippen LogP contribution in [-0.4, -0.2) is 17.0 Å². The summed E-state index contributed by atoms with van der Waals surface area (Å²) in [6.45, 7) is 8.06. The van der Waals surface area contributed by atoms with Gasteiger partial charge in [0.25, 0.3) is 5.91 Å². The molecule has 2 N–H and O–H groups in total. The smallest absolute Gasteiger partial charge is 0.371 e. The molecule has 2 aromatic rings. The van der Waals surface area contributed by atoms with Gasteiger partial charge < -0.3 is 13.9 Å². The summed E-state index contributed by atoms with van der Waals surface area (Å²) in [4.78, 5) is 22.9. The van der Waals surface area contributed by atoms with Crippen LogP contribution in [-0.2, 0) is 0 Å². The number of furan rings is 2. The lowest BCUT2D eigenvalue weighted by atomic mass is 9.98. The molecule has 0 unspecified atom stereocenters. The number of anilines is 1. The van der Waals surface area contributed by atoms with E-state index in [1.807, 2.05) is 27.7 Å². The van der Waals surface area contributed by atoms with Crippen LogP contribution >= 0.6 is 0 Å². The molecule has 0 saturated heterocycles. The lowest BCUT2D eigenvalue weighted by Crippen LogP contribution is -2.10. The van der Waals surface area contributed by atoms with E-state index in [4.69, 9.17) is 13.9 Å². The molecule has 6 nitrogen and oxygen atoms in total. The Balaban J connectivity index is 2.22. The van der Waals surface area contributed by atoms with Crippen molar-refractivity contribution in [1.29, 1.82) is 0 Å². The summed E-state index contributed by atoms with van der Waals surface area (Å²) in [7, 11) is 0. The quantitative estimate of drug-likeness (QED) is 0.868. The van der Waals surface area contributed by atoms with Crippen molar-refractivity contribution in [3.63, 3.8) is 0 Å². The zero-order valence-electron chi connectivity index (χ0n) is 13.0. The number of carboxylic acids is 1. The van der Waals surface area contributed by atoms with E-state index in [9.17, 15) is 9.59 Å². The normalized spacial score (nSPS) is 11.2. The molecule has 1 amide bonds. The van der Waals surface area contributed by atoms with Crippen LogP contribution in [0, 0.1) is 0 Å². The second-order valence-electron chi connectivity index (χ2n) is 5.66. The summed E-state index contributed by atoms with van der Waals surface area (Å²) in [5.41, 5.74) is 0.991. The summed E-state index contributed by atoms with van der Waals surface area (Å²) < 4.78 is 10.7. The number of aromatic carboxylic acids is 1. The Kier molecular flexibility index (Phi) is 4.40.